The van der Waals surface area contributed by atoms with Crippen LogP contribution in [0.15, 0.2) is 18.2 Å². The topological polar surface area (TPSA) is 78.4 Å². The Morgan fingerprint density at radius 2 is 1.90 bits per heavy atom. The lowest BCUT2D eigenvalue weighted by atomic mass is 10.2. The monoisotopic (exact) mass is 310 g/mol. The van der Waals surface area contributed by atoms with E-state index in [1.54, 1.807) is 0 Å². The highest BCUT2D eigenvalue weighted by Crippen LogP contribution is 2.19. The van der Waals surface area contributed by atoms with Crippen LogP contribution in [0.1, 0.15) is 10.4 Å². The van der Waals surface area contributed by atoms with Gasteiger partial charge in [0.25, 0.3) is 0 Å². The summed E-state index contributed by atoms with van der Waals surface area (Å²) in [5.41, 5.74) is -0.0511. The van der Waals surface area contributed by atoms with Crippen LogP contribution < -0.4 is 10.6 Å². The van der Waals surface area contributed by atoms with Crippen LogP contribution in [0, 0.1) is 0 Å². The molecule has 20 heavy (non-hydrogen) atoms. The van der Waals surface area contributed by atoms with E-state index in [0.29, 0.717) is 0 Å². The first-order valence-electron chi connectivity index (χ1n) is 5.28. The first-order chi connectivity index (χ1) is 9.17. The Balaban J connectivity index is 2.60. The lowest BCUT2D eigenvalue weighted by molar-refractivity contribution is -0.126. The van der Waals surface area contributed by atoms with Gasteiger partial charge in [-0.1, -0.05) is 11.6 Å². The summed E-state index contributed by atoms with van der Waals surface area (Å²) in [7, 11) is 0. The molecule has 5 nitrogen and oxygen atoms in total. The highest BCUT2D eigenvalue weighted by molar-refractivity contribution is 6.31. The predicted octanol–water partition coefficient (Wildman–Crippen LogP) is 2.13. The molecular formula is C11H10ClF3N2O3. The fourth-order valence-electron chi connectivity index (χ4n) is 1.31. The van der Waals surface area contributed by atoms with Crippen LogP contribution >= 0.6 is 11.6 Å². The highest BCUT2D eigenvalue weighted by atomic mass is 35.5. The van der Waals surface area contributed by atoms with Gasteiger partial charge >= 0.3 is 12.1 Å². The second-order valence-corrected chi connectivity index (χ2v) is 4.24. The van der Waals surface area contributed by atoms with E-state index in [0.717, 1.165) is 6.07 Å². The van der Waals surface area contributed by atoms with Crippen LogP contribution in [0.4, 0.5) is 18.9 Å². The Morgan fingerprint density at radius 1 is 1.25 bits per heavy atom. The van der Waals surface area contributed by atoms with Crippen LogP contribution in [0.3, 0.4) is 0 Å². The Morgan fingerprint density at radius 3 is 2.45 bits per heavy atom. The van der Waals surface area contributed by atoms with Crippen LogP contribution in [-0.2, 0) is 4.79 Å². The number of aromatic carboxylic acids is 1. The standard InChI is InChI=1S/C11H10ClF3N2O3/c12-7-1-6(10(19)20)2-8(3-7)17-9(18)4-16-5-11(13,14)15/h1-3,16H,4-5H2,(H,17,18)(H,19,20). The molecule has 0 aliphatic rings. The van der Waals surface area contributed by atoms with Crippen molar-refractivity contribution in [3.8, 4) is 0 Å². The summed E-state index contributed by atoms with van der Waals surface area (Å²) in [6.07, 6.45) is -4.41. The van der Waals surface area contributed by atoms with Crippen molar-refractivity contribution in [1.82, 2.24) is 5.32 Å². The van der Waals surface area contributed by atoms with Crippen LogP contribution in [0.5, 0.6) is 0 Å². The lowest BCUT2D eigenvalue weighted by Gasteiger charge is -2.09. The number of alkyl halides is 3. The molecule has 1 rings (SSSR count). The molecule has 0 bridgehead atoms. The van der Waals surface area contributed by atoms with E-state index >= 15 is 0 Å². The van der Waals surface area contributed by atoms with E-state index in [1.165, 1.54) is 12.1 Å². The molecule has 0 saturated carbocycles. The third kappa shape index (κ3) is 5.89. The zero-order valence-corrected chi connectivity index (χ0v) is 10.7. The van der Waals surface area contributed by atoms with Crippen molar-refractivity contribution in [1.29, 1.82) is 0 Å². The number of carboxylic acids is 1. The number of halogens is 4. The van der Waals surface area contributed by atoms with Crippen molar-refractivity contribution in [2.75, 3.05) is 18.4 Å². The molecule has 1 aromatic carbocycles. The normalized spacial score (nSPS) is 11.2. The van der Waals surface area contributed by atoms with Crippen molar-refractivity contribution in [3.05, 3.63) is 28.8 Å². The molecule has 0 atom stereocenters. The number of carbonyl (C=O) groups excluding carboxylic acids is 1. The van der Waals surface area contributed by atoms with Gasteiger partial charge < -0.3 is 15.7 Å². The quantitative estimate of drug-likeness (QED) is 0.778. The predicted molar refractivity (Wildman–Crippen MR) is 66.0 cm³/mol. The zero-order valence-electron chi connectivity index (χ0n) is 9.92. The van der Waals surface area contributed by atoms with E-state index in [2.05, 4.69) is 5.32 Å². The lowest BCUT2D eigenvalue weighted by Crippen LogP contribution is -2.35. The SMILES string of the molecule is O=C(CNCC(F)(F)F)Nc1cc(Cl)cc(C(=O)O)c1. The molecule has 0 heterocycles. The fourth-order valence-corrected chi connectivity index (χ4v) is 1.54. The van der Waals surface area contributed by atoms with E-state index in [4.69, 9.17) is 16.7 Å². The van der Waals surface area contributed by atoms with Crippen LogP contribution in [0.2, 0.25) is 5.02 Å². The van der Waals surface area contributed by atoms with E-state index in [1.807, 2.05) is 5.32 Å². The summed E-state index contributed by atoms with van der Waals surface area (Å²) < 4.78 is 35.6. The zero-order chi connectivity index (χ0) is 15.3. The largest absolute Gasteiger partial charge is 0.478 e. The molecule has 0 aliphatic heterocycles. The fraction of sp³-hybridized carbons (Fsp3) is 0.273. The first kappa shape index (κ1) is 16.3. The number of anilines is 1. The van der Waals surface area contributed by atoms with Gasteiger partial charge in [-0.3, -0.25) is 4.79 Å². The Kier molecular flexibility index (Phi) is 5.34. The number of rotatable bonds is 5. The van der Waals surface area contributed by atoms with Gasteiger partial charge in [-0.15, -0.1) is 0 Å². The molecule has 0 unspecified atom stereocenters. The highest BCUT2D eigenvalue weighted by Gasteiger charge is 2.26. The van der Waals surface area contributed by atoms with E-state index in [9.17, 15) is 22.8 Å². The summed E-state index contributed by atoms with van der Waals surface area (Å²) in [4.78, 5) is 22.1. The molecule has 0 saturated heterocycles. The van der Waals surface area contributed by atoms with Crippen molar-refractivity contribution in [2.24, 2.45) is 0 Å². The summed E-state index contributed by atoms with van der Waals surface area (Å²) >= 11 is 5.66. The van der Waals surface area contributed by atoms with Gasteiger partial charge in [0.15, 0.2) is 0 Å². The molecular weight excluding hydrogens is 301 g/mol. The average molecular weight is 311 g/mol. The number of carbonyl (C=O) groups is 2. The third-order valence-electron chi connectivity index (χ3n) is 2.04. The minimum Gasteiger partial charge on any atom is -0.478 e. The van der Waals surface area contributed by atoms with Gasteiger partial charge in [0.2, 0.25) is 5.91 Å². The molecule has 1 amide bonds. The van der Waals surface area contributed by atoms with Gasteiger partial charge in [0.05, 0.1) is 18.7 Å². The summed E-state index contributed by atoms with van der Waals surface area (Å²) in [5.74, 6) is -1.98. The number of benzene rings is 1. The Hall–Kier alpha value is -1.80. The maximum atomic E-state index is 11.9. The summed E-state index contributed by atoms with van der Waals surface area (Å²) in [5, 5.41) is 13.0. The minimum absolute atomic E-state index is 0.0865. The van der Waals surface area contributed by atoms with Crippen molar-refractivity contribution < 1.29 is 27.9 Å². The van der Waals surface area contributed by atoms with E-state index < -0.39 is 31.1 Å². The summed E-state index contributed by atoms with van der Waals surface area (Å²) in [6.45, 7) is -1.86. The number of carboxylic acid groups (broad SMARTS) is 1. The maximum Gasteiger partial charge on any atom is 0.401 e. The molecule has 0 fully saturated rings. The molecule has 0 spiro atoms. The van der Waals surface area contributed by atoms with Gasteiger partial charge in [-0.05, 0) is 18.2 Å². The van der Waals surface area contributed by atoms with Gasteiger partial charge in [0, 0.05) is 10.7 Å². The smallest absolute Gasteiger partial charge is 0.401 e. The van der Waals surface area contributed by atoms with Gasteiger partial charge in [-0.25, -0.2) is 4.79 Å². The van der Waals surface area contributed by atoms with Crippen molar-refractivity contribution in [2.45, 2.75) is 6.18 Å². The average Bonchev–Trinajstić information content (AvgIpc) is 2.25. The maximum absolute atomic E-state index is 11.9. The van der Waals surface area contributed by atoms with E-state index in [-0.39, 0.29) is 16.3 Å². The second-order valence-electron chi connectivity index (χ2n) is 3.80. The number of amides is 1. The van der Waals surface area contributed by atoms with Gasteiger partial charge in [0.1, 0.15) is 0 Å². The molecule has 110 valence electrons. The molecule has 9 heteroatoms. The molecule has 0 radical (unpaired) electrons. The van der Waals surface area contributed by atoms with Crippen LogP contribution in [-0.4, -0.2) is 36.2 Å². The third-order valence-corrected chi connectivity index (χ3v) is 2.26. The second kappa shape index (κ2) is 6.58. The van der Waals surface area contributed by atoms with Crippen molar-refractivity contribution >= 4 is 29.2 Å². The molecule has 0 aromatic heterocycles. The number of nitrogens with one attached hydrogen (secondary N) is 2. The number of hydrogen-bond acceptors (Lipinski definition) is 3. The molecule has 0 aliphatic carbocycles. The molecule has 1 aromatic rings. The molecule has 3 N–H and O–H groups in total. The summed E-state index contributed by atoms with van der Waals surface area (Å²) in [6, 6.07) is 3.62. The Bertz CT molecular complexity index is 520. The minimum atomic E-state index is -4.41. The first-order valence-corrected chi connectivity index (χ1v) is 5.66. The van der Waals surface area contributed by atoms with Crippen LogP contribution in [0.25, 0.3) is 0 Å². The van der Waals surface area contributed by atoms with Crippen molar-refractivity contribution in [3.63, 3.8) is 0 Å². The number of hydrogen-bond donors (Lipinski definition) is 3. The van der Waals surface area contributed by atoms with Gasteiger partial charge in [-0.2, -0.15) is 13.2 Å². The Labute approximate surface area is 116 Å².